The van der Waals surface area contributed by atoms with E-state index in [2.05, 4.69) is 11.9 Å². The maximum atomic E-state index is 12.9. The van der Waals surface area contributed by atoms with Gasteiger partial charge in [0.2, 0.25) is 0 Å². The zero-order chi connectivity index (χ0) is 14.1. The Bertz CT molecular complexity index is 619. The zero-order valence-electron chi connectivity index (χ0n) is 11.8. The minimum Gasteiger partial charge on any atom is -0.361 e. The molecule has 3 rings (SSSR count). The molecule has 0 radical (unpaired) electrons. The van der Waals surface area contributed by atoms with Gasteiger partial charge < -0.3 is 15.6 Å². The minimum atomic E-state index is 0.109. The topological polar surface area (TPSA) is 62.1 Å². The molecule has 0 spiro atoms. The van der Waals surface area contributed by atoms with E-state index >= 15 is 0 Å². The lowest BCUT2D eigenvalue weighted by molar-refractivity contribution is 0.0534. The molecule has 106 valence electrons. The molecule has 20 heavy (non-hydrogen) atoms. The molecule has 4 heteroatoms. The van der Waals surface area contributed by atoms with Crippen molar-refractivity contribution in [2.75, 3.05) is 13.1 Å². The van der Waals surface area contributed by atoms with E-state index in [1.165, 1.54) is 0 Å². The molecule has 1 fully saturated rings. The second-order valence-electron chi connectivity index (χ2n) is 5.67. The molecule has 0 bridgehead atoms. The molecule has 4 nitrogen and oxygen atoms in total. The summed E-state index contributed by atoms with van der Waals surface area (Å²) in [5.41, 5.74) is 7.67. The van der Waals surface area contributed by atoms with Gasteiger partial charge in [-0.1, -0.05) is 13.0 Å². The molecular formula is C16H21N3O. The predicted octanol–water partition coefficient (Wildman–Crippen LogP) is 2.37. The fourth-order valence-electron chi connectivity index (χ4n) is 3.29. The molecule has 1 aliphatic heterocycles. The van der Waals surface area contributed by atoms with Crippen LogP contribution >= 0.6 is 0 Å². The third-order valence-electron chi connectivity index (χ3n) is 4.44. The van der Waals surface area contributed by atoms with Crippen LogP contribution in [0.15, 0.2) is 30.5 Å². The fraction of sp³-hybridized carbons (Fsp3) is 0.438. The maximum absolute atomic E-state index is 12.9. The van der Waals surface area contributed by atoms with Crippen molar-refractivity contribution in [2.45, 2.75) is 25.8 Å². The second kappa shape index (κ2) is 5.29. The summed E-state index contributed by atoms with van der Waals surface area (Å²) in [6.45, 7) is 3.54. The Morgan fingerprint density at radius 3 is 3.10 bits per heavy atom. The van der Waals surface area contributed by atoms with Crippen LogP contribution in [-0.4, -0.2) is 34.9 Å². The molecule has 0 aliphatic carbocycles. The number of piperidine rings is 1. The number of nitrogens with zero attached hydrogens (tertiary/aromatic N) is 1. The van der Waals surface area contributed by atoms with Crippen LogP contribution in [0, 0.1) is 5.92 Å². The number of nitrogens with one attached hydrogen (secondary N) is 1. The van der Waals surface area contributed by atoms with Crippen molar-refractivity contribution in [1.29, 1.82) is 0 Å². The number of likely N-dealkylation sites (tertiary alicyclic amines) is 1. The highest BCUT2D eigenvalue weighted by Gasteiger charge is 2.31. The van der Waals surface area contributed by atoms with Gasteiger partial charge in [-0.2, -0.15) is 0 Å². The summed E-state index contributed by atoms with van der Waals surface area (Å²) >= 11 is 0. The molecule has 1 aliphatic rings. The summed E-state index contributed by atoms with van der Waals surface area (Å²) in [6, 6.07) is 7.95. The Hall–Kier alpha value is -1.81. The van der Waals surface area contributed by atoms with E-state index in [1.54, 1.807) is 0 Å². The van der Waals surface area contributed by atoms with Crippen LogP contribution in [0.1, 0.15) is 30.1 Å². The minimum absolute atomic E-state index is 0.109. The number of hydrogen-bond donors (Lipinski definition) is 2. The zero-order valence-corrected chi connectivity index (χ0v) is 11.8. The number of H-pyrrole nitrogens is 1. The number of carbonyl (C=O) groups is 1. The van der Waals surface area contributed by atoms with Crippen LogP contribution in [0.25, 0.3) is 10.9 Å². The average Bonchev–Trinajstić information content (AvgIpc) is 2.94. The lowest BCUT2D eigenvalue weighted by Gasteiger charge is -2.39. The van der Waals surface area contributed by atoms with Crippen molar-refractivity contribution >= 4 is 16.8 Å². The second-order valence-corrected chi connectivity index (χ2v) is 5.67. The number of fused-ring (bicyclic) bond motifs is 1. The van der Waals surface area contributed by atoms with Gasteiger partial charge in [-0.05, 0) is 37.0 Å². The molecule has 2 aromatic rings. The number of hydrogen-bond acceptors (Lipinski definition) is 2. The molecule has 1 aromatic heterocycles. The van der Waals surface area contributed by atoms with Crippen molar-refractivity contribution in [3.05, 3.63) is 36.0 Å². The van der Waals surface area contributed by atoms with Gasteiger partial charge in [0.15, 0.2) is 0 Å². The number of amides is 1. The first-order chi connectivity index (χ1) is 9.72. The Morgan fingerprint density at radius 2 is 2.30 bits per heavy atom. The first-order valence-corrected chi connectivity index (χ1v) is 7.29. The van der Waals surface area contributed by atoms with Gasteiger partial charge in [-0.3, -0.25) is 4.79 Å². The Labute approximate surface area is 118 Å². The van der Waals surface area contributed by atoms with Gasteiger partial charge in [0.05, 0.1) is 0 Å². The highest BCUT2D eigenvalue weighted by Crippen LogP contribution is 2.26. The standard InChI is InChI=1S/C16H21N3O/c1-11-4-3-9-19(15(11)10-17)16(20)13-5-2-6-14-12(13)7-8-18-14/h2,5-8,11,15,18H,3-4,9-10,17H2,1H3. The van der Waals surface area contributed by atoms with E-state index < -0.39 is 0 Å². The van der Waals surface area contributed by atoms with Crippen molar-refractivity contribution < 1.29 is 4.79 Å². The number of carbonyl (C=O) groups excluding carboxylic acids is 1. The largest absolute Gasteiger partial charge is 0.361 e. The Morgan fingerprint density at radius 1 is 1.45 bits per heavy atom. The monoisotopic (exact) mass is 271 g/mol. The molecule has 2 unspecified atom stereocenters. The summed E-state index contributed by atoms with van der Waals surface area (Å²) in [4.78, 5) is 18.0. The van der Waals surface area contributed by atoms with Crippen LogP contribution in [0.5, 0.6) is 0 Å². The highest BCUT2D eigenvalue weighted by atomic mass is 16.2. The predicted molar refractivity (Wildman–Crippen MR) is 80.6 cm³/mol. The third kappa shape index (κ3) is 2.10. The lowest BCUT2D eigenvalue weighted by atomic mass is 9.90. The van der Waals surface area contributed by atoms with Crippen molar-refractivity contribution in [1.82, 2.24) is 9.88 Å². The normalized spacial score (nSPS) is 23.2. The molecular weight excluding hydrogens is 250 g/mol. The average molecular weight is 271 g/mol. The van der Waals surface area contributed by atoms with Crippen molar-refractivity contribution in [2.24, 2.45) is 11.7 Å². The number of aromatic nitrogens is 1. The van der Waals surface area contributed by atoms with Gasteiger partial charge in [-0.25, -0.2) is 0 Å². The lowest BCUT2D eigenvalue weighted by Crippen LogP contribution is -2.51. The van der Waals surface area contributed by atoms with Crippen molar-refractivity contribution in [3.8, 4) is 0 Å². The Kier molecular flexibility index (Phi) is 3.49. The number of aromatic amines is 1. The summed E-state index contributed by atoms with van der Waals surface area (Å²) in [5.74, 6) is 0.584. The van der Waals surface area contributed by atoms with Crippen molar-refractivity contribution in [3.63, 3.8) is 0 Å². The smallest absolute Gasteiger partial charge is 0.254 e. The van der Waals surface area contributed by atoms with Crippen LogP contribution < -0.4 is 5.73 Å². The molecule has 3 N–H and O–H groups in total. The van der Waals surface area contributed by atoms with E-state index in [1.807, 2.05) is 35.4 Å². The maximum Gasteiger partial charge on any atom is 0.254 e. The third-order valence-corrected chi connectivity index (χ3v) is 4.44. The van der Waals surface area contributed by atoms with E-state index in [9.17, 15) is 4.79 Å². The van der Waals surface area contributed by atoms with Crippen LogP contribution in [-0.2, 0) is 0 Å². The summed E-state index contributed by atoms with van der Waals surface area (Å²) in [6.07, 6.45) is 4.09. The summed E-state index contributed by atoms with van der Waals surface area (Å²) in [5, 5.41) is 0.992. The molecule has 2 atom stereocenters. The van der Waals surface area contributed by atoms with E-state index in [-0.39, 0.29) is 11.9 Å². The highest BCUT2D eigenvalue weighted by molar-refractivity contribution is 6.06. The molecule has 2 heterocycles. The van der Waals surface area contributed by atoms with Gasteiger partial charge in [0, 0.05) is 41.8 Å². The number of nitrogens with two attached hydrogens (primary N) is 1. The van der Waals surface area contributed by atoms with Crippen LogP contribution in [0.2, 0.25) is 0 Å². The first kappa shape index (κ1) is 13.2. The van der Waals surface area contributed by atoms with Gasteiger partial charge in [-0.15, -0.1) is 0 Å². The van der Waals surface area contributed by atoms with Gasteiger partial charge in [0.25, 0.3) is 5.91 Å². The van der Waals surface area contributed by atoms with Gasteiger partial charge in [0.1, 0.15) is 0 Å². The van der Waals surface area contributed by atoms with E-state index in [0.29, 0.717) is 12.5 Å². The summed E-state index contributed by atoms with van der Waals surface area (Å²) in [7, 11) is 0. The van der Waals surface area contributed by atoms with E-state index in [4.69, 9.17) is 5.73 Å². The first-order valence-electron chi connectivity index (χ1n) is 7.29. The SMILES string of the molecule is CC1CCCN(C(=O)c2cccc3[nH]ccc23)C1CN. The Balaban J connectivity index is 1.97. The number of rotatable bonds is 2. The van der Waals surface area contributed by atoms with E-state index in [0.717, 1.165) is 35.9 Å². The molecule has 1 aromatic carbocycles. The summed E-state index contributed by atoms with van der Waals surface area (Å²) < 4.78 is 0. The fourth-order valence-corrected chi connectivity index (χ4v) is 3.29. The molecule has 1 saturated heterocycles. The number of benzene rings is 1. The van der Waals surface area contributed by atoms with Crippen LogP contribution in [0.4, 0.5) is 0 Å². The van der Waals surface area contributed by atoms with Crippen LogP contribution in [0.3, 0.4) is 0 Å². The molecule has 0 saturated carbocycles. The molecule has 1 amide bonds. The quantitative estimate of drug-likeness (QED) is 0.881. The van der Waals surface area contributed by atoms with Gasteiger partial charge >= 0.3 is 0 Å².